The zero-order valence-electron chi connectivity index (χ0n) is 34.1. The number of benzene rings is 5. The first-order chi connectivity index (χ1) is 29.0. The van der Waals surface area contributed by atoms with Crippen molar-refractivity contribution in [2.75, 3.05) is 4.90 Å². The summed E-state index contributed by atoms with van der Waals surface area (Å²) in [6.45, 7) is 4.88. The van der Waals surface area contributed by atoms with Crippen LogP contribution in [0.4, 0.5) is 5.69 Å². The van der Waals surface area contributed by atoms with Crippen LogP contribution in [0.1, 0.15) is 80.0 Å². The van der Waals surface area contributed by atoms with Gasteiger partial charge in [0.05, 0.1) is 11.0 Å². The standard InChI is InChI=1S/C57H50N2/c1-57(2)53-19-11-9-17-49(53)50-35-34-48(38-54(50)57)58(46-30-25-41(26-31-46)39-13-5-3-6-14-39)47-32-27-42(28-33-47)40-21-23-43(24-22-40)44-29-36-56-52(37-44)51-18-10-12-20-55(51)59(56)45-15-7-4-8-16-45/h3-21,23,25,27,29-32,34-38,41,49,53H,22,24,26,28,33H2,1-2H3. The Morgan fingerprint density at radius 2 is 1.32 bits per heavy atom. The van der Waals surface area contributed by atoms with E-state index in [1.807, 2.05) is 0 Å². The highest BCUT2D eigenvalue weighted by Crippen LogP contribution is 2.54. The van der Waals surface area contributed by atoms with Crippen LogP contribution in [0, 0.1) is 5.92 Å². The molecule has 1 aromatic heterocycles. The van der Waals surface area contributed by atoms with Gasteiger partial charge in [-0.05, 0) is 137 Å². The van der Waals surface area contributed by atoms with Crippen molar-refractivity contribution in [3.8, 4) is 5.69 Å². The van der Waals surface area contributed by atoms with Crippen LogP contribution in [-0.2, 0) is 5.41 Å². The minimum atomic E-state index is 0.0682. The molecule has 2 nitrogen and oxygen atoms in total. The molecular formula is C57H50N2. The predicted octanol–water partition coefficient (Wildman–Crippen LogP) is 14.7. The zero-order valence-corrected chi connectivity index (χ0v) is 34.1. The summed E-state index contributed by atoms with van der Waals surface area (Å²) < 4.78 is 2.40. The van der Waals surface area contributed by atoms with Crippen LogP contribution in [0.25, 0.3) is 33.1 Å². The lowest BCUT2D eigenvalue weighted by atomic mass is 9.74. The Morgan fingerprint density at radius 3 is 2.08 bits per heavy atom. The third-order valence-corrected chi connectivity index (χ3v) is 13.9. The molecule has 5 aliphatic carbocycles. The third kappa shape index (κ3) is 6.16. The number of hydrogen-bond donors (Lipinski definition) is 0. The number of anilines is 1. The van der Waals surface area contributed by atoms with E-state index in [1.165, 1.54) is 83.5 Å². The molecule has 0 saturated carbocycles. The fourth-order valence-corrected chi connectivity index (χ4v) is 10.8. The molecule has 3 unspecified atom stereocenters. The smallest absolute Gasteiger partial charge is 0.0541 e. The number of fused-ring (bicyclic) bond motifs is 6. The number of para-hydroxylation sites is 2. The van der Waals surface area contributed by atoms with Gasteiger partial charge in [-0.3, -0.25) is 0 Å². The second kappa shape index (κ2) is 14.5. The van der Waals surface area contributed by atoms with Gasteiger partial charge in [0.25, 0.3) is 0 Å². The monoisotopic (exact) mass is 762 g/mol. The summed E-state index contributed by atoms with van der Waals surface area (Å²) >= 11 is 0. The SMILES string of the molecule is CC1(C)c2cc(N(C3=CCC(c4ccccc4)C=C3)C3=CC=C(C4=CC=C(c5ccc6c(c5)c5ccccc5n6-c5ccccc5)CC4)CC3)ccc2C2C=CC=CC21. The van der Waals surface area contributed by atoms with Gasteiger partial charge in [0.2, 0.25) is 0 Å². The molecule has 0 amide bonds. The van der Waals surface area contributed by atoms with Gasteiger partial charge >= 0.3 is 0 Å². The lowest BCUT2D eigenvalue weighted by molar-refractivity contribution is 0.394. The molecule has 0 aliphatic heterocycles. The van der Waals surface area contributed by atoms with E-state index >= 15 is 0 Å². The van der Waals surface area contributed by atoms with E-state index in [1.54, 1.807) is 0 Å². The highest BCUT2D eigenvalue weighted by molar-refractivity contribution is 6.10. The quantitative estimate of drug-likeness (QED) is 0.157. The molecule has 5 aliphatic rings. The molecular weight excluding hydrogens is 713 g/mol. The van der Waals surface area contributed by atoms with Crippen molar-refractivity contribution in [3.05, 3.63) is 233 Å². The van der Waals surface area contributed by atoms with Gasteiger partial charge in [0.15, 0.2) is 0 Å². The topological polar surface area (TPSA) is 8.17 Å². The fourth-order valence-electron chi connectivity index (χ4n) is 10.8. The number of nitrogens with zero attached hydrogens (tertiary/aromatic N) is 2. The van der Waals surface area contributed by atoms with Gasteiger partial charge in [-0.25, -0.2) is 0 Å². The Labute approximate surface area is 348 Å². The molecule has 6 aromatic rings. The maximum absolute atomic E-state index is 2.56. The second-order valence-corrected chi connectivity index (χ2v) is 17.5. The van der Waals surface area contributed by atoms with E-state index < -0.39 is 0 Å². The summed E-state index contributed by atoms with van der Waals surface area (Å²) in [4.78, 5) is 2.56. The Bertz CT molecular complexity index is 2880. The molecule has 11 rings (SSSR count). The Balaban J connectivity index is 0.906. The van der Waals surface area contributed by atoms with E-state index in [0.717, 1.165) is 32.1 Å². The molecule has 0 spiro atoms. The van der Waals surface area contributed by atoms with Gasteiger partial charge in [0, 0.05) is 45.4 Å². The van der Waals surface area contributed by atoms with Crippen molar-refractivity contribution in [2.45, 2.75) is 63.2 Å². The molecule has 2 heteroatoms. The van der Waals surface area contributed by atoms with Crippen LogP contribution < -0.4 is 4.90 Å². The summed E-state index contributed by atoms with van der Waals surface area (Å²) in [6, 6.07) is 44.9. The van der Waals surface area contributed by atoms with Crippen LogP contribution >= 0.6 is 0 Å². The zero-order chi connectivity index (χ0) is 39.5. The molecule has 0 radical (unpaired) electrons. The number of allylic oxidation sites excluding steroid dienone is 15. The van der Waals surface area contributed by atoms with Crippen molar-refractivity contribution in [1.82, 2.24) is 4.57 Å². The van der Waals surface area contributed by atoms with Crippen molar-refractivity contribution in [2.24, 2.45) is 5.92 Å². The van der Waals surface area contributed by atoms with Gasteiger partial charge in [-0.2, -0.15) is 0 Å². The molecule has 0 bridgehead atoms. The van der Waals surface area contributed by atoms with Crippen molar-refractivity contribution in [1.29, 1.82) is 0 Å². The van der Waals surface area contributed by atoms with E-state index in [9.17, 15) is 0 Å². The molecule has 1 heterocycles. The number of aromatic nitrogens is 1. The van der Waals surface area contributed by atoms with E-state index in [4.69, 9.17) is 0 Å². The van der Waals surface area contributed by atoms with E-state index in [0.29, 0.717) is 17.8 Å². The molecule has 0 N–H and O–H groups in total. The second-order valence-electron chi connectivity index (χ2n) is 17.5. The number of rotatable bonds is 7. The lowest BCUT2D eigenvalue weighted by Crippen LogP contribution is -2.26. The molecule has 59 heavy (non-hydrogen) atoms. The highest BCUT2D eigenvalue weighted by atomic mass is 15.2. The van der Waals surface area contributed by atoms with Gasteiger partial charge < -0.3 is 9.47 Å². The maximum atomic E-state index is 2.56. The predicted molar refractivity (Wildman–Crippen MR) is 249 cm³/mol. The summed E-state index contributed by atoms with van der Waals surface area (Å²) in [5.41, 5.74) is 17.7. The van der Waals surface area contributed by atoms with E-state index in [-0.39, 0.29) is 5.41 Å². The molecule has 5 aromatic carbocycles. The normalized spacial score (nSPS) is 21.7. The summed E-state index contributed by atoms with van der Waals surface area (Å²) in [5.74, 6) is 1.35. The summed E-state index contributed by atoms with van der Waals surface area (Å²) in [7, 11) is 0. The molecule has 0 saturated heterocycles. The maximum Gasteiger partial charge on any atom is 0.0541 e. The first-order valence-corrected chi connectivity index (χ1v) is 21.6. The third-order valence-electron chi connectivity index (χ3n) is 13.9. The molecule has 3 atom stereocenters. The lowest BCUT2D eigenvalue weighted by Gasteiger charge is -2.34. The average Bonchev–Trinajstić information content (AvgIpc) is 3.75. The van der Waals surface area contributed by atoms with Crippen LogP contribution in [-0.4, -0.2) is 4.57 Å². The largest absolute Gasteiger partial charge is 0.315 e. The minimum Gasteiger partial charge on any atom is -0.315 e. The summed E-state index contributed by atoms with van der Waals surface area (Å²) in [5, 5.41) is 2.61. The van der Waals surface area contributed by atoms with Crippen molar-refractivity contribution in [3.63, 3.8) is 0 Å². The Kier molecular flexibility index (Phi) is 8.77. The molecule has 0 fully saturated rings. The first-order valence-electron chi connectivity index (χ1n) is 21.6. The fraction of sp³-hybridized carbons (Fsp3) is 0.193. The van der Waals surface area contributed by atoms with Crippen LogP contribution in [0.15, 0.2) is 211 Å². The minimum absolute atomic E-state index is 0.0682. The Morgan fingerprint density at radius 1 is 0.610 bits per heavy atom. The summed E-state index contributed by atoms with van der Waals surface area (Å²) in [6.07, 6.45) is 31.3. The Hall–Kier alpha value is -6.38. The van der Waals surface area contributed by atoms with Crippen LogP contribution in [0.3, 0.4) is 0 Å². The van der Waals surface area contributed by atoms with Crippen LogP contribution in [0.2, 0.25) is 0 Å². The van der Waals surface area contributed by atoms with Gasteiger partial charge in [0.1, 0.15) is 0 Å². The average molecular weight is 763 g/mol. The molecule has 288 valence electrons. The van der Waals surface area contributed by atoms with E-state index in [2.05, 4.69) is 211 Å². The first kappa shape index (κ1) is 35.8. The van der Waals surface area contributed by atoms with Gasteiger partial charge in [-0.1, -0.05) is 147 Å². The van der Waals surface area contributed by atoms with Crippen molar-refractivity contribution >= 4 is 33.1 Å². The van der Waals surface area contributed by atoms with Crippen molar-refractivity contribution < 1.29 is 0 Å². The van der Waals surface area contributed by atoms with Gasteiger partial charge in [-0.15, -0.1) is 0 Å². The number of hydrogen-bond acceptors (Lipinski definition) is 1. The highest BCUT2D eigenvalue weighted by Gasteiger charge is 2.44. The van der Waals surface area contributed by atoms with Crippen LogP contribution in [0.5, 0.6) is 0 Å².